The van der Waals surface area contributed by atoms with Crippen LogP contribution < -0.4 is 4.90 Å². The fraction of sp³-hybridized carbons (Fsp3) is 0.500. The Morgan fingerprint density at radius 3 is 2.60 bits per heavy atom. The topological polar surface area (TPSA) is 29.0 Å². The lowest BCUT2D eigenvalue weighted by Crippen LogP contribution is -2.36. The van der Waals surface area contributed by atoms with E-state index >= 15 is 0 Å². The van der Waals surface area contributed by atoms with Crippen molar-refractivity contribution in [2.24, 2.45) is 0 Å². The highest BCUT2D eigenvalue weighted by atomic mass is 35.5. The van der Waals surface area contributed by atoms with E-state index in [9.17, 15) is 13.2 Å². The molecule has 84 valence electrons. The third-order valence-electron chi connectivity index (χ3n) is 1.61. The van der Waals surface area contributed by atoms with Crippen LogP contribution in [0.1, 0.15) is 0 Å². The molecule has 0 atom stereocenters. The van der Waals surface area contributed by atoms with Crippen LogP contribution in [0.3, 0.4) is 0 Å². The molecule has 0 amide bonds. The van der Waals surface area contributed by atoms with Crippen molar-refractivity contribution in [3.63, 3.8) is 0 Å². The average Bonchev–Trinajstić information content (AvgIpc) is 2.17. The largest absolute Gasteiger partial charge is 0.405 e. The molecule has 0 aliphatic carbocycles. The summed E-state index contributed by atoms with van der Waals surface area (Å²) < 4.78 is 36.5. The van der Waals surface area contributed by atoms with Crippen LogP contribution in [0.2, 0.25) is 0 Å². The van der Waals surface area contributed by atoms with Crippen molar-refractivity contribution in [3.05, 3.63) is 18.3 Å². The second kappa shape index (κ2) is 5.16. The molecule has 15 heavy (non-hydrogen) atoms. The van der Waals surface area contributed by atoms with Gasteiger partial charge in [-0.05, 0) is 12.1 Å². The first-order chi connectivity index (χ1) is 7.03. The highest BCUT2D eigenvalue weighted by molar-refractivity contribution is 6.18. The number of halogens is 4. The molecule has 0 bridgehead atoms. The molecular formula is C8H9ClF3N3. The third-order valence-corrected chi connectivity index (χ3v) is 1.78. The maximum absolute atomic E-state index is 12.2. The van der Waals surface area contributed by atoms with Gasteiger partial charge in [0.2, 0.25) is 0 Å². The predicted molar refractivity (Wildman–Crippen MR) is 51.0 cm³/mol. The zero-order valence-electron chi connectivity index (χ0n) is 7.71. The maximum atomic E-state index is 12.2. The Morgan fingerprint density at radius 2 is 2.13 bits per heavy atom. The van der Waals surface area contributed by atoms with Gasteiger partial charge in [0.1, 0.15) is 6.54 Å². The summed E-state index contributed by atoms with van der Waals surface area (Å²) in [6, 6.07) is 2.99. The molecule has 0 radical (unpaired) electrons. The van der Waals surface area contributed by atoms with Crippen molar-refractivity contribution in [2.45, 2.75) is 6.18 Å². The highest BCUT2D eigenvalue weighted by Gasteiger charge is 2.31. The Labute approximate surface area is 89.9 Å². The minimum Gasteiger partial charge on any atom is -0.345 e. The van der Waals surface area contributed by atoms with Crippen LogP contribution in [0.25, 0.3) is 0 Å². The number of alkyl halides is 4. The molecule has 1 rings (SSSR count). The van der Waals surface area contributed by atoms with Gasteiger partial charge in [-0.3, -0.25) is 0 Å². The van der Waals surface area contributed by atoms with Gasteiger partial charge in [0.15, 0.2) is 5.82 Å². The van der Waals surface area contributed by atoms with Crippen LogP contribution in [0, 0.1) is 0 Å². The minimum absolute atomic E-state index is 0.0831. The lowest BCUT2D eigenvalue weighted by molar-refractivity contribution is -0.119. The maximum Gasteiger partial charge on any atom is 0.405 e. The Balaban J connectivity index is 2.75. The van der Waals surface area contributed by atoms with Gasteiger partial charge in [-0.15, -0.1) is 16.7 Å². The molecule has 0 saturated carbocycles. The molecule has 1 heterocycles. The van der Waals surface area contributed by atoms with Gasteiger partial charge in [-0.1, -0.05) is 0 Å². The fourth-order valence-electron chi connectivity index (χ4n) is 1.06. The molecule has 7 heteroatoms. The highest BCUT2D eigenvalue weighted by Crippen LogP contribution is 2.19. The van der Waals surface area contributed by atoms with Crippen LogP contribution in [-0.4, -0.2) is 35.3 Å². The molecule has 1 aromatic heterocycles. The van der Waals surface area contributed by atoms with E-state index in [0.29, 0.717) is 0 Å². The summed E-state index contributed by atoms with van der Waals surface area (Å²) in [6.07, 6.45) is -2.88. The molecule has 0 N–H and O–H groups in total. The predicted octanol–water partition coefficient (Wildman–Crippen LogP) is 2.08. The zero-order valence-corrected chi connectivity index (χ0v) is 8.46. The van der Waals surface area contributed by atoms with Crippen molar-refractivity contribution in [1.29, 1.82) is 0 Å². The molecule has 0 aliphatic heterocycles. The van der Waals surface area contributed by atoms with E-state index in [-0.39, 0.29) is 18.2 Å². The summed E-state index contributed by atoms with van der Waals surface area (Å²) in [4.78, 5) is 1.04. The number of aromatic nitrogens is 2. The van der Waals surface area contributed by atoms with Crippen molar-refractivity contribution >= 4 is 17.4 Å². The smallest absolute Gasteiger partial charge is 0.345 e. The van der Waals surface area contributed by atoms with Gasteiger partial charge in [-0.25, -0.2) is 0 Å². The Hall–Kier alpha value is -1.04. The second-order valence-corrected chi connectivity index (χ2v) is 3.19. The summed E-state index contributed by atoms with van der Waals surface area (Å²) >= 11 is 5.42. The molecular weight excluding hydrogens is 231 g/mol. The quantitative estimate of drug-likeness (QED) is 0.754. The van der Waals surface area contributed by atoms with Crippen molar-refractivity contribution in [1.82, 2.24) is 10.2 Å². The molecule has 0 aromatic carbocycles. The number of anilines is 1. The monoisotopic (exact) mass is 239 g/mol. The second-order valence-electron chi connectivity index (χ2n) is 2.81. The van der Waals surface area contributed by atoms with Crippen LogP contribution >= 0.6 is 11.6 Å². The van der Waals surface area contributed by atoms with E-state index in [1.54, 1.807) is 0 Å². The summed E-state index contributed by atoms with van der Waals surface area (Å²) in [5.41, 5.74) is 0. The standard InChI is InChI=1S/C8H9ClF3N3/c9-3-5-15(6-8(10,11)12)7-2-1-4-13-14-7/h1-2,4H,3,5-6H2. The van der Waals surface area contributed by atoms with E-state index in [1.807, 2.05) is 0 Å². The molecule has 0 aliphatic rings. The van der Waals surface area contributed by atoms with Gasteiger partial charge in [-0.2, -0.15) is 18.3 Å². The first-order valence-corrected chi connectivity index (χ1v) is 4.72. The lowest BCUT2D eigenvalue weighted by Gasteiger charge is -2.23. The Kier molecular flexibility index (Phi) is 4.14. The zero-order chi connectivity index (χ0) is 11.3. The molecule has 0 saturated heterocycles. The minimum atomic E-state index is -4.27. The van der Waals surface area contributed by atoms with Crippen molar-refractivity contribution in [3.8, 4) is 0 Å². The number of nitrogens with zero attached hydrogens (tertiary/aromatic N) is 3. The van der Waals surface area contributed by atoms with E-state index in [4.69, 9.17) is 11.6 Å². The van der Waals surface area contributed by atoms with Gasteiger partial charge in [0.05, 0.1) is 0 Å². The van der Waals surface area contributed by atoms with E-state index in [0.717, 1.165) is 4.90 Å². The summed E-state index contributed by atoms with van der Waals surface area (Å²) in [5.74, 6) is 0.280. The Bertz CT molecular complexity index is 291. The summed E-state index contributed by atoms with van der Waals surface area (Å²) in [6.45, 7) is -0.988. The SMILES string of the molecule is FC(F)(F)CN(CCCl)c1cccnn1. The number of hydrogen-bond donors (Lipinski definition) is 0. The van der Waals surface area contributed by atoms with E-state index in [2.05, 4.69) is 10.2 Å². The van der Waals surface area contributed by atoms with Crippen molar-refractivity contribution < 1.29 is 13.2 Å². The van der Waals surface area contributed by atoms with Gasteiger partial charge < -0.3 is 4.90 Å². The molecule has 0 fully saturated rings. The first kappa shape index (κ1) is 12.0. The van der Waals surface area contributed by atoms with Crippen LogP contribution in [-0.2, 0) is 0 Å². The van der Waals surface area contributed by atoms with Crippen LogP contribution in [0.5, 0.6) is 0 Å². The molecule has 3 nitrogen and oxygen atoms in total. The summed E-state index contributed by atoms with van der Waals surface area (Å²) in [5, 5.41) is 7.11. The Morgan fingerprint density at radius 1 is 1.40 bits per heavy atom. The van der Waals surface area contributed by atoms with Crippen LogP contribution in [0.15, 0.2) is 18.3 Å². The number of hydrogen-bond acceptors (Lipinski definition) is 3. The molecule has 1 aromatic rings. The normalized spacial score (nSPS) is 11.5. The molecule has 0 unspecified atom stereocenters. The fourth-order valence-corrected chi connectivity index (χ4v) is 1.26. The van der Waals surface area contributed by atoms with E-state index < -0.39 is 12.7 Å². The van der Waals surface area contributed by atoms with Gasteiger partial charge >= 0.3 is 6.18 Å². The van der Waals surface area contributed by atoms with Crippen LogP contribution in [0.4, 0.5) is 19.0 Å². The number of rotatable bonds is 4. The van der Waals surface area contributed by atoms with Crippen molar-refractivity contribution in [2.75, 3.05) is 23.9 Å². The van der Waals surface area contributed by atoms with E-state index in [1.165, 1.54) is 18.3 Å². The van der Waals surface area contributed by atoms with Gasteiger partial charge in [0.25, 0.3) is 0 Å². The summed E-state index contributed by atoms with van der Waals surface area (Å²) in [7, 11) is 0. The average molecular weight is 240 g/mol. The lowest BCUT2D eigenvalue weighted by atomic mass is 10.4. The van der Waals surface area contributed by atoms with Gasteiger partial charge in [0, 0.05) is 18.6 Å². The third kappa shape index (κ3) is 4.33. The first-order valence-electron chi connectivity index (χ1n) is 4.18. The molecule has 0 spiro atoms.